The van der Waals surface area contributed by atoms with Crippen molar-refractivity contribution in [3.8, 4) is 17.2 Å². The summed E-state index contributed by atoms with van der Waals surface area (Å²) in [4.78, 5) is 25.4. The van der Waals surface area contributed by atoms with Gasteiger partial charge in [0, 0.05) is 24.4 Å². The van der Waals surface area contributed by atoms with Crippen LogP contribution in [-0.4, -0.2) is 43.2 Å². The van der Waals surface area contributed by atoms with E-state index in [1.165, 1.54) is 12.1 Å². The van der Waals surface area contributed by atoms with Gasteiger partial charge in [-0.2, -0.15) is 0 Å². The molecule has 3 aromatic carbocycles. The number of anilines is 1. The number of benzene rings is 3. The third-order valence-corrected chi connectivity index (χ3v) is 5.74. The van der Waals surface area contributed by atoms with Gasteiger partial charge < -0.3 is 24.4 Å². The minimum absolute atomic E-state index is 0.0175. The van der Waals surface area contributed by atoms with Crippen LogP contribution in [0.2, 0.25) is 0 Å². The lowest BCUT2D eigenvalue weighted by atomic mass is 9.92. The Morgan fingerprint density at radius 1 is 1.06 bits per heavy atom. The molecule has 1 N–H and O–H groups in total. The summed E-state index contributed by atoms with van der Waals surface area (Å²) >= 11 is 0. The predicted molar refractivity (Wildman–Crippen MR) is 127 cm³/mol. The highest BCUT2D eigenvalue weighted by Crippen LogP contribution is 2.38. The fraction of sp³-hybridized carbons (Fsp3) is 0.240. The molecule has 1 atom stereocenters. The van der Waals surface area contributed by atoms with Gasteiger partial charge in [-0.3, -0.25) is 10.1 Å². The molecule has 3 aromatic rings. The van der Waals surface area contributed by atoms with E-state index in [1.54, 1.807) is 31.3 Å². The van der Waals surface area contributed by atoms with Gasteiger partial charge in [0.05, 0.1) is 25.2 Å². The molecule has 9 nitrogen and oxygen atoms in total. The second-order valence-electron chi connectivity index (χ2n) is 7.72. The minimum atomic E-state index is -0.462. The molecule has 0 radical (unpaired) electrons. The SMILES string of the molecule is COc1cc2c(cc1OC)C(COc1ccc([N+](=O)[O-])cc1)N(C(=O)Nc1ccccc1)CC2. The number of methoxy groups -OCH3 is 2. The van der Waals surface area contributed by atoms with E-state index in [0.29, 0.717) is 35.9 Å². The Bertz CT molecular complexity index is 1170. The smallest absolute Gasteiger partial charge is 0.322 e. The highest BCUT2D eigenvalue weighted by molar-refractivity contribution is 5.89. The maximum atomic E-state index is 13.2. The number of nitro groups is 1. The zero-order valence-electron chi connectivity index (χ0n) is 18.9. The van der Waals surface area contributed by atoms with E-state index in [1.807, 2.05) is 42.5 Å². The number of rotatable bonds is 7. The average molecular weight is 463 g/mol. The van der Waals surface area contributed by atoms with E-state index in [0.717, 1.165) is 11.1 Å². The lowest BCUT2D eigenvalue weighted by molar-refractivity contribution is -0.384. The Balaban J connectivity index is 1.63. The van der Waals surface area contributed by atoms with Crippen LogP contribution >= 0.6 is 0 Å². The van der Waals surface area contributed by atoms with E-state index in [2.05, 4.69) is 5.32 Å². The first-order valence-corrected chi connectivity index (χ1v) is 10.7. The first-order valence-electron chi connectivity index (χ1n) is 10.7. The number of urea groups is 1. The van der Waals surface area contributed by atoms with Crippen LogP contribution < -0.4 is 19.5 Å². The molecule has 2 amide bonds. The van der Waals surface area contributed by atoms with Gasteiger partial charge in [-0.1, -0.05) is 18.2 Å². The number of hydrogen-bond donors (Lipinski definition) is 1. The molecule has 9 heteroatoms. The lowest BCUT2D eigenvalue weighted by Gasteiger charge is -2.37. The number of fused-ring (bicyclic) bond motifs is 1. The highest BCUT2D eigenvalue weighted by atomic mass is 16.6. The van der Waals surface area contributed by atoms with Gasteiger partial charge in [0.25, 0.3) is 5.69 Å². The number of hydrogen-bond acceptors (Lipinski definition) is 6. The van der Waals surface area contributed by atoms with Crippen LogP contribution in [0.4, 0.5) is 16.2 Å². The molecule has 176 valence electrons. The maximum Gasteiger partial charge on any atom is 0.322 e. The number of carbonyl (C=O) groups is 1. The van der Waals surface area contributed by atoms with Crippen molar-refractivity contribution in [1.29, 1.82) is 0 Å². The first-order chi connectivity index (χ1) is 16.5. The monoisotopic (exact) mass is 463 g/mol. The number of nitrogens with zero attached hydrogens (tertiary/aromatic N) is 2. The van der Waals surface area contributed by atoms with Crippen molar-refractivity contribution in [3.63, 3.8) is 0 Å². The van der Waals surface area contributed by atoms with Crippen molar-refractivity contribution in [2.45, 2.75) is 12.5 Å². The van der Waals surface area contributed by atoms with Crippen LogP contribution in [0.25, 0.3) is 0 Å². The van der Waals surface area contributed by atoms with Crippen molar-refractivity contribution >= 4 is 17.4 Å². The van der Waals surface area contributed by atoms with Gasteiger partial charge >= 0.3 is 6.03 Å². The van der Waals surface area contributed by atoms with E-state index in [9.17, 15) is 14.9 Å². The molecular formula is C25H25N3O6. The van der Waals surface area contributed by atoms with Crippen LogP contribution in [0, 0.1) is 10.1 Å². The summed E-state index contributed by atoms with van der Waals surface area (Å²) in [5.74, 6) is 1.66. The summed E-state index contributed by atoms with van der Waals surface area (Å²) in [6, 6.07) is 18.3. The van der Waals surface area contributed by atoms with Crippen molar-refractivity contribution in [2.24, 2.45) is 0 Å². The molecule has 1 aliphatic rings. The van der Waals surface area contributed by atoms with E-state index < -0.39 is 11.0 Å². The number of ether oxygens (including phenoxy) is 3. The summed E-state index contributed by atoms with van der Waals surface area (Å²) in [7, 11) is 3.15. The minimum Gasteiger partial charge on any atom is -0.493 e. The molecule has 0 spiro atoms. The van der Waals surface area contributed by atoms with Gasteiger partial charge in [-0.05, 0) is 53.9 Å². The molecule has 0 fully saturated rings. The molecule has 1 unspecified atom stereocenters. The number of carbonyl (C=O) groups excluding carboxylic acids is 1. The van der Waals surface area contributed by atoms with E-state index >= 15 is 0 Å². The summed E-state index contributed by atoms with van der Waals surface area (Å²) in [6.45, 7) is 0.637. The number of nitrogens with one attached hydrogen (secondary N) is 1. The average Bonchev–Trinajstić information content (AvgIpc) is 2.87. The Kier molecular flexibility index (Phi) is 6.82. The predicted octanol–water partition coefficient (Wildman–Crippen LogP) is 4.82. The Hall–Kier alpha value is -4.27. The van der Waals surface area contributed by atoms with Crippen LogP contribution in [0.3, 0.4) is 0 Å². The van der Waals surface area contributed by atoms with Crippen LogP contribution in [0.5, 0.6) is 17.2 Å². The maximum absolute atomic E-state index is 13.2. The van der Waals surface area contributed by atoms with Crippen molar-refractivity contribution in [1.82, 2.24) is 4.90 Å². The molecule has 0 aromatic heterocycles. The molecule has 0 saturated heterocycles. The summed E-state index contributed by atoms with van der Waals surface area (Å²) < 4.78 is 16.9. The van der Waals surface area contributed by atoms with Gasteiger partial charge in [0.2, 0.25) is 0 Å². The molecule has 1 aliphatic heterocycles. The second kappa shape index (κ2) is 10.1. The molecule has 1 heterocycles. The Morgan fingerprint density at radius 2 is 1.74 bits per heavy atom. The van der Waals surface area contributed by atoms with E-state index in [-0.39, 0.29) is 18.3 Å². The van der Waals surface area contributed by atoms with Crippen molar-refractivity contribution < 1.29 is 23.9 Å². The fourth-order valence-electron chi connectivity index (χ4n) is 4.01. The topological polar surface area (TPSA) is 103 Å². The fourth-order valence-corrected chi connectivity index (χ4v) is 4.01. The van der Waals surface area contributed by atoms with Crippen LogP contribution in [0.15, 0.2) is 66.7 Å². The quantitative estimate of drug-likeness (QED) is 0.398. The lowest BCUT2D eigenvalue weighted by Crippen LogP contribution is -2.44. The molecule has 0 bridgehead atoms. The number of para-hydroxylation sites is 1. The Labute approximate surface area is 197 Å². The Morgan fingerprint density at radius 3 is 2.38 bits per heavy atom. The molecule has 0 aliphatic carbocycles. The van der Waals surface area contributed by atoms with Crippen molar-refractivity contribution in [3.05, 3.63) is 88.0 Å². The summed E-state index contributed by atoms with van der Waals surface area (Å²) in [5.41, 5.74) is 2.62. The zero-order valence-corrected chi connectivity index (χ0v) is 18.9. The normalized spacial score (nSPS) is 14.6. The second-order valence-corrected chi connectivity index (χ2v) is 7.72. The third-order valence-electron chi connectivity index (χ3n) is 5.74. The summed E-state index contributed by atoms with van der Waals surface area (Å²) in [5, 5.41) is 13.9. The number of amides is 2. The molecule has 34 heavy (non-hydrogen) atoms. The van der Waals surface area contributed by atoms with Gasteiger partial charge in [-0.25, -0.2) is 4.79 Å². The van der Waals surface area contributed by atoms with Crippen LogP contribution in [0.1, 0.15) is 17.2 Å². The first kappa shape index (κ1) is 22.9. The molecule has 4 rings (SSSR count). The van der Waals surface area contributed by atoms with Crippen molar-refractivity contribution in [2.75, 3.05) is 32.7 Å². The molecule has 0 saturated carbocycles. The third kappa shape index (κ3) is 4.88. The summed E-state index contributed by atoms with van der Waals surface area (Å²) in [6.07, 6.45) is 0.645. The van der Waals surface area contributed by atoms with Gasteiger partial charge in [0.1, 0.15) is 12.4 Å². The van der Waals surface area contributed by atoms with E-state index in [4.69, 9.17) is 14.2 Å². The van der Waals surface area contributed by atoms with Gasteiger partial charge in [0.15, 0.2) is 11.5 Å². The van der Waals surface area contributed by atoms with Crippen LogP contribution in [-0.2, 0) is 6.42 Å². The highest BCUT2D eigenvalue weighted by Gasteiger charge is 2.33. The van der Waals surface area contributed by atoms with Gasteiger partial charge in [-0.15, -0.1) is 0 Å². The number of non-ortho nitro benzene ring substituents is 1. The molecular weight excluding hydrogens is 438 g/mol. The standard InChI is InChI=1S/C25H25N3O6/c1-32-23-14-17-12-13-27(25(29)26-18-6-4-3-5-7-18)22(21(17)15-24(23)33-2)16-34-20-10-8-19(9-11-20)28(30)31/h3-11,14-15,22H,12-13,16H2,1-2H3,(H,26,29). The zero-order chi connectivity index (χ0) is 24.1. The number of nitro benzene ring substituents is 1. The largest absolute Gasteiger partial charge is 0.493 e.